The molecule has 8 heteroatoms. The molecule has 0 saturated heterocycles. The summed E-state index contributed by atoms with van der Waals surface area (Å²) in [5.41, 5.74) is 1.11. The van der Waals surface area contributed by atoms with Gasteiger partial charge in [-0.15, -0.1) is 0 Å². The molecular weight excluding hydrogens is 392 g/mol. The van der Waals surface area contributed by atoms with E-state index in [1.165, 1.54) is 48.5 Å². The number of hydrogen-bond acceptors (Lipinski definition) is 8. The van der Waals surface area contributed by atoms with E-state index in [-0.39, 0.29) is 29.0 Å². The summed E-state index contributed by atoms with van der Waals surface area (Å²) in [4.78, 5) is 12.6. The van der Waals surface area contributed by atoms with Gasteiger partial charge in [-0.25, -0.2) is 4.79 Å². The summed E-state index contributed by atoms with van der Waals surface area (Å²) in [6.07, 6.45) is -1.58. The Hall–Kier alpha value is -4.07. The van der Waals surface area contributed by atoms with Gasteiger partial charge in [0.1, 0.15) is 23.4 Å². The summed E-state index contributed by atoms with van der Waals surface area (Å²) in [6.45, 7) is 0. The van der Waals surface area contributed by atoms with E-state index in [1.54, 1.807) is 6.07 Å². The number of hydrogen-bond donors (Lipinski definition) is 5. The molecule has 0 amide bonds. The fourth-order valence-electron chi connectivity index (χ4n) is 3.36. The molecule has 1 heterocycles. The highest BCUT2D eigenvalue weighted by atomic mass is 16.6. The third-order valence-corrected chi connectivity index (χ3v) is 4.84. The molecule has 154 valence electrons. The van der Waals surface area contributed by atoms with Gasteiger partial charge in [0.25, 0.3) is 0 Å². The van der Waals surface area contributed by atoms with Crippen molar-refractivity contribution >= 4 is 5.97 Å². The third kappa shape index (κ3) is 3.62. The number of carbonyl (C=O) groups excluding carboxylic acids is 1. The molecule has 30 heavy (non-hydrogen) atoms. The Morgan fingerprint density at radius 2 is 1.50 bits per heavy atom. The zero-order chi connectivity index (χ0) is 21.4. The van der Waals surface area contributed by atoms with E-state index in [4.69, 9.17) is 9.47 Å². The van der Waals surface area contributed by atoms with Crippen LogP contribution in [0.2, 0.25) is 0 Å². The molecule has 0 bridgehead atoms. The van der Waals surface area contributed by atoms with Crippen LogP contribution in [0.1, 0.15) is 27.6 Å². The van der Waals surface area contributed by atoms with Crippen LogP contribution in [0.15, 0.2) is 54.6 Å². The Bertz CT molecular complexity index is 1080. The first kappa shape index (κ1) is 19.3. The lowest BCUT2D eigenvalue weighted by atomic mass is 9.94. The lowest BCUT2D eigenvalue weighted by Gasteiger charge is -2.33. The van der Waals surface area contributed by atoms with E-state index >= 15 is 0 Å². The second-order valence-corrected chi connectivity index (χ2v) is 6.93. The Labute approximate surface area is 170 Å². The Kier molecular flexibility index (Phi) is 4.75. The average molecular weight is 410 g/mol. The highest BCUT2D eigenvalue weighted by Gasteiger charge is 2.35. The van der Waals surface area contributed by atoms with Crippen molar-refractivity contribution in [2.45, 2.75) is 18.6 Å². The van der Waals surface area contributed by atoms with Gasteiger partial charge in [-0.3, -0.25) is 0 Å². The normalized spacial score (nSPS) is 17.6. The number of benzene rings is 3. The third-order valence-electron chi connectivity index (χ3n) is 4.84. The van der Waals surface area contributed by atoms with Crippen LogP contribution in [0.4, 0.5) is 0 Å². The van der Waals surface area contributed by atoms with Crippen LogP contribution in [-0.2, 0) is 11.2 Å². The Balaban J connectivity index is 1.70. The molecule has 0 unspecified atom stereocenters. The first-order valence-electron chi connectivity index (χ1n) is 9.05. The quantitative estimate of drug-likeness (QED) is 0.328. The van der Waals surface area contributed by atoms with Crippen LogP contribution in [0.3, 0.4) is 0 Å². The van der Waals surface area contributed by atoms with E-state index in [9.17, 15) is 30.3 Å². The predicted molar refractivity (Wildman–Crippen MR) is 104 cm³/mol. The number of aromatic hydroxyl groups is 5. The van der Waals surface area contributed by atoms with E-state index in [0.717, 1.165) is 0 Å². The van der Waals surface area contributed by atoms with Crippen molar-refractivity contribution in [3.8, 4) is 34.5 Å². The summed E-state index contributed by atoms with van der Waals surface area (Å²) < 4.78 is 11.6. The van der Waals surface area contributed by atoms with E-state index in [1.807, 2.05) is 0 Å². The summed E-state index contributed by atoms with van der Waals surface area (Å²) >= 11 is 0. The molecule has 0 aromatic heterocycles. The van der Waals surface area contributed by atoms with Gasteiger partial charge in [0, 0.05) is 17.5 Å². The first-order valence-corrected chi connectivity index (χ1v) is 9.05. The molecule has 0 saturated carbocycles. The van der Waals surface area contributed by atoms with Crippen LogP contribution in [0, 0.1) is 0 Å². The lowest BCUT2D eigenvalue weighted by molar-refractivity contribution is -0.0183. The monoisotopic (exact) mass is 410 g/mol. The van der Waals surface area contributed by atoms with Crippen molar-refractivity contribution in [3.63, 3.8) is 0 Å². The van der Waals surface area contributed by atoms with Crippen LogP contribution in [-0.4, -0.2) is 37.6 Å². The van der Waals surface area contributed by atoms with E-state index in [0.29, 0.717) is 11.3 Å². The SMILES string of the molecule is O=C(O[C@@H]1Cc2cc(O)ccc2O[C@@H]1c1cc(O)c(O)c(O)c1)c1ccc(O)cc1. The summed E-state index contributed by atoms with van der Waals surface area (Å²) in [6, 6.07) is 12.5. The zero-order valence-electron chi connectivity index (χ0n) is 15.5. The van der Waals surface area contributed by atoms with Crippen molar-refractivity contribution in [1.82, 2.24) is 0 Å². The highest BCUT2D eigenvalue weighted by molar-refractivity contribution is 5.89. The number of ether oxygens (including phenoxy) is 2. The molecule has 3 aromatic rings. The van der Waals surface area contributed by atoms with Gasteiger partial charge in [-0.2, -0.15) is 0 Å². The Morgan fingerprint density at radius 1 is 0.867 bits per heavy atom. The van der Waals surface area contributed by atoms with E-state index in [2.05, 4.69) is 0 Å². The fourth-order valence-corrected chi connectivity index (χ4v) is 3.36. The average Bonchev–Trinajstić information content (AvgIpc) is 2.71. The molecule has 1 aliphatic heterocycles. The molecule has 1 aliphatic rings. The summed E-state index contributed by atoms with van der Waals surface area (Å²) in [7, 11) is 0. The molecule has 0 radical (unpaired) electrons. The van der Waals surface area contributed by atoms with Crippen LogP contribution < -0.4 is 4.74 Å². The molecule has 5 N–H and O–H groups in total. The highest BCUT2D eigenvalue weighted by Crippen LogP contribution is 2.43. The minimum absolute atomic E-state index is 0.00451. The second-order valence-electron chi connectivity index (χ2n) is 6.93. The van der Waals surface area contributed by atoms with Gasteiger partial charge in [-0.05, 0) is 54.6 Å². The van der Waals surface area contributed by atoms with Gasteiger partial charge in [-0.1, -0.05) is 0 Å². The minimum Gasteiger partial charge on any atom is -0.508 e. The maximum atomic E-state index is 12.6. The maximum absolute atomic E-state index is 12.6. The van der Waals surface area contributed by atoms with Crippen LogP contribution in [0.5, 0.6) is 34.5 Å². The van der Waals surface area contributed by atoms with Crippen molar-refractivity contribution < 1.29 is 39.8 Å². The second kappa shape index (κ2) is 7.40. The van der Waals surface area contributed by atoms with E-state index < -0.39 is 35.4 Å². The molecule has 0 aliphatic carbocycles. The zero-order valence-corrected chi connectivity index (χ0v) is 15.5. The molecule has 4 rings (SSSR count). The van der Waals surface area contributed by atoms with Crippen molar-refractivity contribution in [3.05, 3.63) is 71.3 Å². The fraction of sp³-hybridized carbons (Fsp3) is 0.136. The van der Waals surface area contributed by atoms with Crippen molar-refractivity contribution in [2.75, 3.05) is 0 Å². The molecule has 0 fully saturated rings. The van der Waals surface area contributed by atoms with Crippen molar-refractivity contribution in [2.24, 2.45) is 0 Å². The Morgan fingerprint density at radius 3 is 2.17 bits per heavy atom. The van der Waals surface area contributed by atoms with Crippen LogP contribution in [0.25, 0.3) is 0 Å². The maximum Gasteiger partial charge on any atom is 0.338 e. The van der Waals surface area contributed by atoms with Gasteiger partial charge in [0.2, 0.25) is 0 Å². The van der Waals surface area contributed by atoms with Gasteiger partial charge < -0.3 is 35.0 Å². The number of phenolic OH excluding ortho intramolecular Hbond substituents is 5. The standard InChI is InChI=1S/C22H18O8/c23-14-3-1-11(2-4-14)22(28)30-19-10-12-7-15(24)5-6-18(12)29-21(19)13-8-16(25)20(27)17(26)9-13/h1-9,19,21,23-27H,10H2/t19-,21-/m1/s1. The molecule has 8 nitrogen and oxygen atoms in total. The first-order chi connectivity index (χ1) is 14.3. The molecule has 2 atom stereocenters. The number of fused-ring (bicyclic) bond motifs is 1. The van der Waals surface area contributed by atoms with Crippen LogP contribution >= 0.6 is 0 Å². The molecule has 3 aromatic carbocycles. The number of phenols is 5. The molecular formula is C22H18O8. The predicted octanol–water partition coefficient (Wildman–Crippen LogP) is 3.12. The van der Waals surface area contributed by atoms with Gasteiger partial charge in [0.05, 0.1) is 5.56 Å². The smallest absolute Gasteiger partial charge is 0.338 e. The topological polar surface area (TPSA) is 137 Å². The van der Waals surface area contributed by atoms with Gasteiger partial charge >= 0.3 is 5.97 Å². The minimum atomic E-state index is -0.902. The van der Waals surface area contributed by atoms with Gasteiger partial charge in [0.15, 0.2) is 23.4 Å². The molecule has 0 spiro atoms. The summed E-state index contributed by atoms with van der Waals surface area (Å²) in [5.74, 6) is -1.95. The number of carbonyl (C=O) groups is 1. The number of rotatable bonds is 3. The summed E-state index contributed by atoms with van der Waals surface area (Å²) in [5, 5.41) is 48.6. The largest absolute Gasteiger partial charge is 0.508 e. The van der Waals surface area contributed by atoms with Crippen molar-refractivity contribution in [1.29, 1.82) is 0 Å². The number of esters is 1. The lowest BCUT2D eigenvalue weighted by Crippen LogP contribution is -2.34.